The SMILES string of the molecule is C[C@@H](NC(=O)c1cn(-c2cccc(Br)c2)nn1)c1ccco1. The molecule has 112 valence electrons. The third-order valence-electron chi connectivity index (χ3n) is 3.12. The maximum Gasteiger partial charge on any atom is 0.274 e. The standard InChI is InChI=1S/C15H13BrN4O2/c1-10(14-6-3-7-22-14)17-15(21)13-9-20(19-18-13)12-5-2-4-11(16)8-12/h2-10H,1H3,(H,17,21)/t10-/m1/s1. The number of amides is 1. The van der Waals surface area contributed by atoms with Gasteiger partial charge in [0.05, 0.1) is 24.2 Å². The van der Waals surface area contributed by atoms with Crippen LogP contribution in [-0.2, 0) is 0 Å². The quantitative estimate of drug-likeness (QED) is 0.775. The number of nitrogens with zero attached hydrogens (tertiary/aromatic N) is 3. The number of rotatable bonds is 4. The van der Waals surface area contributed by atoms with Gasteiger partial charge in [-0.2, -0.15) is 0 Å². The van der Waals surface area contributed by atoms with Crippen LogP contribution in [0.3, 0.4) is 0 Å². The van der Waals surface area contributed by atoms with Crippen molar-refractivity contribution >= 4 is 21.8 Å². The van der Waals surface area contributed by atoms with Crippen molar-refractivity contribution in [3.05, 3.63) is 64.8 Å². The summed E-state index contributed by atoms with van der Waals surface area (Å²) in [7, 11) is 0. The number of aromatic nitrogens is 3. The summed E-state index contributed by atoms with van der Waals surface area (Å²) in [6, 6.07) is 10.9. The molecule has 0 aliphatic heterocycles. The third-order valence-corrected chi connectivity index (χ3v) is 3.61. The molecule has 0 saturated carbocycles. The second-order valence-electron chi connectivity index (χ2n) is 4.74. The average Bonchev–Trinajstić information content (AvgIpc) is 3.19. The van der Waals surface area contributed by atoms with Gasteiger partial charge >= 0.3 is 0 Å². The molecule has 3 rings (SSSR count). The Kier molecular flexibility index (Phi) is 4.06. The van der Waals surface area contributed by atoms with Gasteiger partial charge in [0.25, 0.3) is 5.91 Å². The Morgan fingerprint density at radius 3 is 2.95 bits per heavy atom. The molecule has 1 atom stereocenters. The third kappa shape index (κ3) is 3.09. The van der Waals surface area contributed by atoms with Crippen LogP contribution in [0.4, 0.5) is 0 Å². The minimum atomic E-state index is -0.301. The Morgan fingerprint density at radius 2 is 2.23 bits per heavy atom. The summed E-state index contributed by atoms with van der Waals surface area (Å²) in [5, 5.41) is 10.7. The molecule has 0 spiro atoms. The second kappa shape index (κ2) is 6.15. The average molecular weight is 361 g/mol. The highest BCUT2D eigenvalue weighted by Gasteiger charge is 2.16. The van der Waals surface area contributed by atoms with Gasteiger partial charge in [0, 0.05) is 4.47 Å². The Morgan fingerprint density at radius 1 is 1.36 bits per heavy atom. The number of benzene rings is 1. The van der Waals surface area contributed by atoms with Crippen LogP contribution in [-0.4, -0.2) is 20.9 Å². The Hall–Kier alpha value is -2.41. The van der Waals surface area contributed by atoms with Crippen molar-refractivity contribution in [2.24, 2.45) is 0 Å². The highest BCUT2D eigenvalue weighted by molar-refractivity contribution is 9.10. The van der Waals surface area contributed by atoms with Crippen LogP contribution in [0.5, 0.6) is 0 Å². The van der Waals surface area contributed by atoms with Crippen LogP contribution in [0, 0.1) is 0 Å². The van der Waals surface area contributed by atoms with E-state index in [1.165, 1.54) is 0 Å². The lowest BCUT2D eigenvalue weighted by Crippen LogP contribution is -2.26. The van der Waals surface area contributed by atoms with Crippen LogP contribution in [0.1, 0.15) is 29.2 Å². The molecule has 1 aromatic carbocycles. The van der Waals surface area contributed by atoms with Crippen molar-refractivity contribution < 1.29 is 9.21 Å². The van der Waals surface area contributed by atoms with Crippen molar-refractivity contribution in [1.29, 1.82) is 0 Å². The first-order valence-corrected chi connectivity index (χ1v) is 7.45. The summed E-state index contributed by atoms with van der Waals surface area (Å²) in [6.07, 6.45) is 3.16. The normalized spacial score (nSPS) is 12.1. The van der Waals surface area contributed by atoms with Crippen LogP contribution in [0.25, 0.3) is 5.69 Å². The number of nitrogens with one attached hydrogen (secondary N) is 1. The van der Waals surface area contributed by atoms with Gasteiger partial charge in [0.2, 0.25) is 0 Å². The van der Waals surface area contributed by atoms with Gasteiger partial charge in [0.1, 0.15) is 5.76 Å². The molecule has 2 heterocycles. The van der Waals surface area contributed by atoms with Crippen molar-refractivity contribution in [2.75, 3.05) is 0 Å². The topological polar surface area (TPSA) is 73.0 Å². The molecule has 2 aromatic heterocycles. The van der Waals surface area contributed by atoms with E-state index >= 15 is 0 Å². The fourth-order valence-electron chi connectivity index (χ4n) is 1.99. The molecule has 0 radical (unpaired) electrons. The first-order chi connectivity index (χ1) is 10.6. The van der Waals surface area contributed by atoms with E-state index in [1.807, 2.05) is 37.3 Å². The summed E-state index contributed by atoms with van der Waals surface area (Å²) in [6.45, 7) is 1.84. The van der Waals surface area contributed by atoms with Gasteiger partial charge in [-0.3, -0.25) is 4.79 Å². The molecular weight excluding hydrogens is 348 g/mol. The van der Waals surface area contributed by atoms with Crippen LogP contribution in [0.2, 0.25) is 0 Å². The van der Waals surface area contributed by atoms with Crippen molar-refractivity contribution in [2.45, 2.75) is 13.0 Å². The number of hydrogen-bond donors (Lipinski definition) is 1. The van der Waals surface area contributed by atoms with Gasteiger partial charge in [-0.15, -0.1) is 5.10 Å². The lowest BCUT2D eigenvalue weighted by molar-refractivity contribution is 0.0930. The van der Waals surface area contributed by atoms with Crippen molar-refractivity contribution in [3.63, 3.8) is 0 Å². The maximum atomic E-state index is 12.2. The summed E-state index contributed by atoms with van der Waals surface area (Å²) >= 11 is 3.40. The van der Waals surface area contributed by atoms with Gasteiger partial charge in [-0.05, 0) is 37.3 Å². The van der Waals surface area contributed by atoms with Gasteiger partial charge in [0.15, 0.2) is 5.69 Å². The summed E-state index contributed by atoms with van der Waals surface area (Å²) in [4.78, 5) is 12.2. The lowest BCUT2D eigenvalue weighted by atomic mass is 10.2. The predicted molar refractivity (Wildman–Crippen MR) is 83.6 cm³/mol. The smallest absolute Gasteiger partial charge is 0.274 e. The van der Waals surface area contributed by atoms with E-state index in [1.54, 1.807) is 23.2 Å². The first kappa shape index (κ1) is 14.5. The zero-order chi connectivity index (χ0) is 15.5. The molecule has 1 N–H and O–H groups in total. The molecule has 0 bridgehead atoms. The monoisotopic (exact) mass is 360 g/mol. The van der Waals surface area contributed by atoms with E-state index in [9.17, 15) is 4.79 Å². The zero-order valence-electron chi connectivity index (χ0n) is 11.7. The Balaban J connectivity index is 1.74. The molecule has 0 saturated heterocycles. The molecule has 7 heteroatoms. The largest absolute Gasteiger partial charge is 0.467 e. The number of hydrogen-bond acceptors (Lipinski definition) is 4. The van der Waals surface area contributed by atoms with E-state index in [4.69, 9.17) is 4.42 Å². The molecule has 0 aliphatic rings. The highest BCUT2D eigenvalue weighted by Crippen LogP contribution is 2.15. The minimum Gasteiger partial charge on any atom is -0.467 e. The minimum absolute atomic E-state index is 0.237. The molecule has 0 unspecified atom stereocenters. The molecule has 3 aromatic rings. The Bertz CT molecular complexity index is 782. The maximum absolute atomic E-state index is 12.2. The summed E-state index contributed by atoms with van der Waals surface area (Å²) in [5.74, 6) is 0.387. The van der Waals surface area contributed by atoms with Gasteiger partial charge in [-0.25, -0.2) is 4.68 Å². The molecule has 22 heavy (non-hydrogen) atoms. The zero-order valence-corrected chi connectivity index (χ0v) is 13.3. The van der Waals surface area contributed by atoms with E-state index < -0.39 is 0 Å². The number of carbonyl (C=O) groups is 1. The van der Waals surface area contributed by atoms with Crippen LogP contribution >= 0.6 is 15.9 Å². The van der Waals surface area contributed by atoms with Crippen LogP contribution in [0.15, 0.2) is 57.7 Å². The van der Waals surface area contributed by atoms with Crippen LogP contribution < -0.4 is 5.32 Å². The molecule has 0 fully saturated rings. The van der Waals surface area contributed by atoms with E-state index in [2.05, 4.69) is 31.6 Å². The van der Waals surface area contributed by atoms with Crippen molar-refractivity contribution in [1.82, 2.24) is 20.3 Å². The van der Waals surface area contributed by atoms with Gasteiger partial charge < -0.3 is 9.73 Å². The second-order valence-corrected chi connectivity index (χ2v) is 5.65. The molecule has 0 aliphatic carbocycles. The number of halogens is 1. The van der Waals surface area contributed by atoms with E-state index in [-0.39, 0.29) is 17.6 Å². The fraction of sp³-hybridized carbons (Fsp3) is 0.133. The summed E-state index contributed by atoms with van der Waals surface area (Å²) in [5.41, 5.74) is 1.07. The molecule has 1 amide bonds. The van der Waals surface area contributed by atoms with Gasteiger partial charge in [-0.1, -0.05) is 27.2 Å². The fourth-order valence-corrected chi connectivity index (χ4v) is 2.38. The first-order valence-electron chi connectivity index (χ1n) is 6.66. The molecular formula is C15H13BrN4O2. The molecule has 6 nitrogen and oxygen atoms in total. The number of carbonyl (C=O) groups excluding carboxylic acids is 1. The van der Waals surface area contributed by atoms with Crippen molar-refractivity contribution in [3.8, 4) is 5.69 Å². The summed E-state index contributed by atoms with van der Waals surface area (Å²) < 4.78 is 7.74. The van der Waals surface area contributed by atoms with E-state index in [0.29, 0.717) is 5.76 Å². The number of furan rings is 1. The Labute approximate surface area is 135 Å². The highest BCUT2D eigenvalue weighted by atomic mass is 79.9. The van der Waals surface area contributed by atoms with E-state index in [0.717, 1.165) is 10.2 Å². The lowest BCUT2D eigenvalue weighted by Gasteiger charge is -2.09. The predicted octanol–water partition coefficient (Wildman–Crippen LogP) is 3.11.